The van der Waals surface area contributed by atoms with E-state index in [0.29, 0.717) is 18.1 Å². The van der Waals surface area contributed by atoms with Crippen molar-refractivity contribution in [2.45, 2.75) is 26.9 Å². The maximum absolute atomic E-state index is 12.2. The zero-order chi connectivity index (χ0) is 21.3. The highest BCUT2D eigenvalue weighted by Crippen LogP contribution is 2.29. The van der Waals surface area contributed by atoms with E-state index in [4.69, 9.17) is 9.47 Å². The fourth-order valence-electron chi connectivity index (χ4n) is 3.01. The second kappa shape index (κ2) is 10.3. The van der Waals surface area contributed by atoms with Crippen LogP contribution >= 0.6 is 0 Å². The highest BCUT2D eigenvalue weighted by Gasteiger charge is 2.07. The monoisotopic (exact) mass is 401 g/mol. The number of methoxy groups -OCH3 is 1. The van der Waals surface area contributed by atoms with Crippen molar-refractivity contribution in [2.75, 3.05) is 12.4 Å². The molecule has 154 valence electrons. The molecule has 0 fully saturated rings. The molecular formula is C26H27NO3. The smallest absolute Gasteiger partial charge is 0.248 e. The van der Waals surface area contributed by atoms with Gasteiger partial charge in [0.15, 0.2) is 11.5 Å². The minimum atomic E-state index is -0.182. The van der Waals surface area contributed by atoms with E-state index in [1.807, 2.05) is 60.7 Å². The number of hydrogen-bond acceptors (Lipinski definition) is 3. The summed E-state index contributed by atoms with van der Waals surface area (Å²) in [6, 6.07) is 21.6. The van der Waals surface area contributed by atoms with Gasteiger partial charge in [0.05, 0.1) is 7.11 Å². The first kappa shape index (κ1) is 21.2. The molecule has 4 nitrogen and oxygen atoms in total. The summed E-state index contributed by atoms with van der Waals surface area (Å²) in [6.45, 7) is 4.63. The molecular weight excluding hydrogens is 374 g/mol. The molecule has 0 aliphatic heterocycles. The van der Waals surface area contributed by atoms with Gasteiger partial charge in [-0.2, -0.15) is 0 Å². The predicted molar refractivity (Wildman–Crippen MR) is 122 cm³/mol. The zero-order valence-electron chi connectivity index (χ0n) is 17.6. The highest BCUT2D eigenvalue weighted by molar-refractivity contribution is 6.01. The second-order valence-electron chi connectivity index (χ2n) is 7.00. The summed E-state index contributed by atoms with van der Waals surface area (Å²) in [4.78, 5) is 12.2. The van der Waals surface area contributed by atoms with Gasteiger partial charge >= 0.3 is 0 Å². The lowest BCUT2D eigenvalue weighted by Crippen LogP contribution is -2.07. The molecule has 30 heavy (non-hydrogen) atoms. The van der Waals surface area contributed by atoms with Gasteiger partial charge in [0.25, 0.3) is 0 Å². The molecule has 1 amide bonds. The average molecular weight is 402 g/mol. The van der Waals surface area contributed by atoms with Crippen LogP contribution in [-0.2, 0) is 17.8 Å². The van der Waals surface area contributed by atoms with Gasteiger partial charge in [0, 0.05) is 11.8 Å². The fourth-order valence-corrected chi connectivity index (χ4v) is 3.01. The molecule has 0 aromatic heterocycles. The van der Waals surface area contributed by atoms with Gasteiger partial charge < -0.3 is 14.8 Å². The van der Waals surface area contributed by atoms with Crippen molar-refractivity contribution in [3.8, 4) is 11.5 Å². The molecule has 0 saturated heterocycles. The van der Waals surface area contributed by atoms with E-state index in [1.165, 1.54) is 17.2 Å². The summed E-state index contributed by atoms with van der Waals surface area (Å²) < 4.78 is 11.4. The van der Waals surface area contributed by atoms with Crippen LogP contribution in [0, 0.1) is 6.92 Å². The van der Waals surface area contributed by atoms with Crippen molar-refractivity contribution >= 4 is 17.7 Å². The third kappa shape index (κ3) is 5.74. The lowest BCUT2D eigenvalue weighted by Gasteiger charge is -2.12. The summed E-state index contributed by atoms with van der Waals surface area (Å²) in [5.74, 6) is 1.11. The molecule has 0 bridgehead atoms. The van der Waals surface area contributed by atoms with Crippen LogP contribution in [0.5, 0.6) is 11.5 Å². The van der Waals surface area contributed by atoms with Crippen LogP contribution in [0.4, 0.5) is 5.69 Å². The Morgan fingerprint density at radius 2 is 1.77 bits per heavy atom. The van der Waals surface area contributed by atoms with Crippen molar-refractivity contribution in [3.63, 3.8) is 0 Å². The Kier molecular flexibility index (Phi) is 7.28. The Labute approximate surface area is 178 Å². The number of amides is 1. The maximum atomic E-state index is 12.2. The number of nitrogens with one attached hydrogen (secondary N) is 1. The van der Waals surface area contributed by atoms with Gasteiger partial charge in [-0.05, 0) is 65.9 Å². The van der Waals surface area contributed by atoms with Crippen molar-refractivity contribution in [1.82, 2.24) is 0 Å². The van der Waals surface area contributed by atoms with Crippen molar-refractivity contribution < 1.29 is 14.3 Å². The van der Waals surface area contributed by atoms with E-state index in [-0.39, 0.29) is 5.91 Å². The number of aryl methyl sites for hydroxylation is 2. The van der Waals surface area contributed by atoms with E-state index < -0.39 is 0 Å². The van der Waals surface area contributed by atoms with Gasteiger partial charge in [0.1, 0.15) is 6.61 Å². The van der Waals surface area contributed by atoms with Crippen LogP contribution in [0.2, 0.25) is 0 Å². The van der Waals surface area contributed by atoms with Crippen LogP contribution in [0.1, 0.15) is 29.2 Å². The third-order valence-corrected chi connectivity index (χ3v) is 4.89. The van der Waals surface area contributed by atoms with Crippen molar-refractivity contribution in [2.24, 2.45) is 0 Å². The van der Waals surface area contributed by atoms with Crippen LogP contribution in [0.15, 0.2) is 72.8 Å². The summed E-state index contributed by atoms with van der Waals surface area (Å²) >= 11 is 0. The number of anilines is 1. The number of carbonyl (C=O) groups excluding carboxylic acids is 1. The maximum Gasteiger partial charge on any atom is 0.248 e. The number of carbonyl (C=O) groups is 1. The Bertz CT molecular complexity index is 1020. The molecule has 0 atom stereocenters. The average Bonchev–Trinajstić information content (AvgIpc) is 2.78. The zero-order valence-corrected chi connectivity index (χ0v) is 17.6. The first-order valence-corrected chi connectivity index (χ1v) is 10.0. The standard InChI is InChI=1S/C26H27NO3/c1-4-20-9-13-23(14-10-20)27-26(28)16-12-21-11-15-24(25(17-21)29-3)30-18-22-8-6-5-7-19(22)2/h5-17H,4,18H2,1-3H3,(H,27,28). The van der Waals surface area contributed by atoms with Crippen LogP contribution < -0.4 is 14.8 Å². The van der Waals surface area contributed by atoms with E-state index >= 15 is 0 Å². The molecule has 4 heteroatoms. The molecule has 0 radical (unpaired) electrons. The lowest BCUT2D eigenvalue weighted by molar-refractivity contribution is -0.111. The van der Waals surface area contributed by atoms with Crippen LogP contribution in [-0.4, -0.2) is 13.0 Å². The second-order valence-corrected chi connectivity index (χ2v) is 7.00. The van der Waals surface area contributed by atoms with Gasteiger partial charge in [-0.3, -0.25) is 4.79 Å². The number of benzene rings is 3. The molecule has 3 aromatic rings. The molecule has 0 unspecified atom stereocenters. The Morgan fingerprint density at radius 3 is 2.47 bits per heavy atom. The van der Waals surface area contributed by atoms with Crippen molar-refractivity contribution in [1.29, 1.82) is 0 Å². The molecule has 0 saturated carbocycles. The van der Waals surface area contributed by atoms with Gasteiger partial charge in [-0.25, -0.2) is 0 Å². The summed E-state index contributed by atoms with van der Waals surface area (Å²) in [5.41, 5.74) is 5.19. The van der Waals surface area contributed by atoms with E-state index in [1.54, 1.807) is 13.2 Å². The number of ether oxygens (including phenoxy) is 2. The quantitative estimate of drug-likeness (QED) is 0.486. The predicted octanol–water partition coefficient (Wildman–Crippen LogP) is 5.80. The summed E-state index contributed by atoms with van der Waals surface area (Å²) in [7, 11) is 1.61. The Hall–Kier alpha value is -3.53. The first-order chi connectivity index (χ1) is 14.6. The number of hydrogen-bond donors (Lipinski definition) is 1. The summed E-state index contributed by atoms with van der Waals surface area (Å²) in [5, 5.41) is 2.87. The highest BCUT2D eigenvalue weighted by atomic mass is 16.5. The SMILES string of the molecule is CCc1ccc(NC(=O)C=Cc2ccc(OCc3ccccc3C)c(OC)c2)cc1. The Balaban J connectivity index is 1.63. The molecule has 0 aliphatic carbocycles. The topological polar surface area (TPSA) is 47.6 Å². The fraction of sp³-hybridized carbons (Fsp3) is 0.192. The van der Waals surface area contributed by atoms with Gasteiger partial charge in [-0.1, -0.05) is 49.4 Å². The first-order valence-electron chi connectivity index (χ1n) is 10.0. The molecule has 3 aromatic carbocycles. The van der Waals surface area contributed by atoms with Gasteiger partial charge in [-0.15, -0.1) is 0 Å². The Morgan fingerprint density at radius 1 is 1.00 bits per heavy atom. The molecule has 3 rings (SSSR count). The minimum absolute atomic E-state index is 0.182. The normalized spacial score (nSPS) is 10.8. The van der Waals surface area contributed by atoms with Crippen LogP contribution in [0.25, 0.3) is 6.08 Å². The van der Waals surface area contributed by atoms with E-state index in [2.05, 4.69) is 25.2 Å². The summed E-state index contributed by atoms with van der Waals surface area (Å²) in [6.07, 6.45) is 4.24. The van der Waals surface area contributed by atoms with E-state index in [0.717, 1.165) is 23.2 Å². The minimum Gasteiger partial charge on any atom is -0.493 e. The molecule has 0 heterocycles. The van der Waals surface area contributed by atoms with Gasteiger partial charge in [0.2, 0.25) is 5.91 Å². The largest absolute Gasteiger partial charge is 0.493 e. The lowest BCUT2D eigenvalue weighted by atomic mass is 10.1. The van der Waals surface area contributed by atoms with Crippen LogP contribution in [0.3, 0.4) is 0 Å². The third-order valence-electron chi connectivity index (χ3n) is 4.89. The molecule has 0 aliphatic rings. The number of rotatable bonds is 8. The molecule has 0 spiro atoms. The molecule has 1 N–H and O–H groups in total. The van der Waals surface area contributed by atoms with Crippen molar-refractivity contribution in [3.05, 3.63) is 95.1 Å². The van der Waals surface area contributed by atoms with E-state index in [9.17, 15) is 4.79 Å².